The molecular formula is C22H28N4O3S. The zero-order chi connectivity index (χ0) is 21.5. The maximum absolute atomic E-state index is 13.0. The normalized spacial score (nSPS) is 16.2. The number of hydrogen-bond donors (Lipinski definition) is 1. The summed E-state index contributed by atoms with van der Waals surface area (Å²) in [4.78, 5) is 16.2. The Bertz CT molecular complexity index is 1210. The van der Waals surface area contributed by atoms with Gasteiger partial charge in [-0.05, 0) is 43.0 Å². The first-order valence-corrected chi connectivity index (χ1v) is 12.0. The SMILES string of the molecule is CC(C)(C)c1nc2cc(S(=O)(=O)c3ccc(=O)[nH]n3)ccc2n1CC1CCCCC1. The molecule has 0 saturated heterocycles. The molecule has 1 fully saturated rings. The number of H-pyrrole nitrogens is 1. The van der Waals surface area contributed by atoms with Gasteiger partial charge in [0.05, 0.1) is 15.9 Å². The van der Waals surface area contributed by atoms with E-state index in [1.807, 2.05) is 6.07 Å². The van der Waals surface area contributed by atoms with Crippen LogP contribution in [0.3, 0.4) is 0 Å². The Balaban J connectivity index is 1.79. The molecule has 160 valence electrons. The highest BCUT2D eigenvalue weighted by atomic mass is 32.2. The van der Waals surface area contributed by atoms with Crippen LogP contribution in [0, 0.1) is 5.92 Å². The van der Waals surface area contributed by atoms with Crippen molar-refractivity contribution in [1.82, 2.24) is 19.7 Å². The highest BCUT2D eigenvalue weighted by Gasteiger charge is 2.27. The summed E-state index contributed by atoms with van der Waals surface area (Å²) in [6, 6.07) is 7.45. The van der Waals surface area contributed by atoms with Crippen LogP contribution < -0.4 is 5.56 Å². The summed E-state index contributed by atoms with van der Waals surface area (Å²) in [5.41, 5.74) is 1.02. The number of rotatable bonds is 4. The van der Waals surface area contributed by atoms with E-state index in [9.17, 15) is 13.2 Å². The molecule has 8 heteroatoms. The molecule has 0 unspecified atom stereocenters. The van der Waals surface area contributed by atoms with E-state index >= 15 is 0 Å². The van der Waals surface area contributed by atoms with Gasteiger partial charge < -0.3 is 4.57 Å². The van der Waals surface area contributed by atoms with Crippen molar-refractivity contribution < 1.29 is 8.42 Å². The zero-order valence-corrected chi connectivity index (χ0v) is 18.5. The van der Waals surface area contributed by atoms with Crippen molar-refractivity contribution in [3.63, 3.8) is 0 Å². The molecule has 1 saturated carbocycles. The standard InChI is InChI=1S/C22H28N4O3S/c1-22(2,3)21-23-17-13-16(30(28,29)20-12-11-19(27)24-25-20)9-10-18(17)26(21)14-15-7-5-4-6-8-15/h9-13,15H,4-8,14H2,1-3H3,(H,24,27). The predicted octanol–water partition coefficient (Wildman–Crippen LogP) is 3.83. The summed E-state index contributed by atoms with van der Waals surface area (Å²) in [5.74, 6) is 1.60. The molecule has 2 heterocycles. The first-order valence-electron chi connectivity index (χ1n) is 10.5. The first kappa shape index (κ1) is 20.8. The van der Waals surface area contributed by atoms with Gasteiger partial charge in [0, 0.05) is 18.0 Å². The number of fused-ring (bicyclic) bond motifs is 1. The van der Waals surface area contributed by atoms with E-state index in [0.29, 0.717) is 11.4 Å². The molecule has 7 nitrogen and oxygen atoms in total. The second-order valence-electron chi connectivity index (χ2n) is 9.21. The second kappa shape index (κ2) is 7.65. The smallest absolute Gasteiger partial charge is 0.264 e. The molecule has 2 aromatic heterocycles. The quantitative estimate of drug-likeness (QED) is 0.681. The van der Waals surface area contributed by atoms with Crippen LogP contribution >= 0.6 is 0 Å². The number of benzene rings is 1. The number of nitrogens with one attached hydrogen (secondary N) is 1. The van der Waals surface area contributed by atoms with Crippen LogP contribution in [-0.2, 0) is 21.8 Å². The van der Waals surface area contributed by atoms with E-state index in [2.05, 4.69) is 35.5 Å². The summed E-state index contributed by atoms with van der Waals surface area (Å²) in [6.07, 6.45) is 6.32. The third-order valence-electron chi connectivity index (χ3n) is 5.80. The first-order chi connectivity index (χ1) is 14.2. The lowest BCUT2D eigenvalue weighted by atomic mass is 9.88. The maximum Gasteiger partial charge on any atom is 0.264 e. The lowest BCUT2D eigenvalue weighted by molar-refractivity contribution is 0.313. The van der Waals surface area contributed by atoms with Gasteiger partial charge in [-0.2, -0.15) is 5.10 Å². The Labute approximate surface area is 176 Å². The van der Waals surface area contributed by atoms with Gasteiger partial charge in [-0.15, -0.1) is 0 Å². The minimum atomic E-state index is -3.84. The van der Waals surface area contributed by atoms with Gasteiger partial charge in [0.2, 0.25) is 9.84 Å². The fourth-order valence-corrected chi connectivity index (χ4v) is 5.43. The Morgan fingerprint density at radius 1 is 1.10 bits per heavy atom. The van der Waals surface area contributed by atoms with Gasteiger partial charge in [0.1, 0.15) is 5.82 Å². The number of imidazole rings is 1. The number of aromatic nitrogens is 4. The fraction of sp³-hybridized carbons (Fsp3) is 0.500. The summed E-state index contributed by atoms with van der Waals surface area (Å²) in [5, 5.41) is 5.70. The molecule has 1 N–H and O–H groups in total. The van der Waals surface area contributed by atoms with Gasteiger partial charge in [0.15, 0.2) is 5.03 Å². The molecule has 1 aliphatic carbocycles. The van der Waals surface area contributed by atoms with Crippen LogP contribution in [0.5, 0.6) is 0 Å². The van der Waals surface area contributed by atoms with E-state index in [0.717, 1.165) is 24.0 Å². The summed E-state index contributed by atoms with van der Waals surface area (Å²) < 4.78 is 28.2. The minimum Gasteiger partial charge on any atom is -0.327 e. The number of hydrogen-bond acceptors (Lipinski definition) is 5. The van der Waals surface area contributed by atoms with Crippen molar-refractivity contribution in [1.29, 1.82) is 0 Å². The van der Waals surface area contributed by atoms with Gasteiger partial charge in [0.25, 0.3) is 5.56 Å². The van der Waals surface area contributed by atoms with Gasteiger partial charge in [-0.3, -0.25) is 4.79 Å². The molecule has 4 rings (SSSR count). The van der Waals surface area contributed by atoms with Crippen molar-refractivity contribution in [3.05, 3.63) is 46.5 Å². The lowest BCUT2D eigenvalue weighted by Gasteiger charge is -2.26. The molecule has 0 bridgehead atoms. The topological polar surface area (TPSA) is 97.7 Å². The van der Waals surface area contributed by atoms with E-state index < -0.39 is 15.4 Å². The average molecular weight is 429 g/mol. The number of nitrogens with zero attached hydrogens (tertiary/aromatic N) is 3. The van der Waals surface area contributed by atoms with E-state index in [4.69, 9.17) is 4.98 Å². The maximum atomic E-state index is 13.0. The summed E-state index contributed by atoms with van der Waals surface area (Å²) >= 11 is 0. The third kappa shape index (κ3) is 3.93. The van der Waals surface area contributed by atoms with Crippen molar-refractivity contribution in [2.75, 3.05) is 0 Å². The van der Waals surface area contributed by atoms with Crippen LogP contribution in [0.25, 0.3) is 11.0 Å². The van der Waals surface area contributed by atoms with Crippen LogP contribution in [0.15, 0.2) is 45.0 Å². The Morgan fingerprint density at radius 2 is 1.83 bits per heavy atom. The van der Waals surface area contributed by atoms with E-state index in [1.54, 1.807) is 12.1 Å². The zero-order valence-electron chi connectivity index (χ0n) is 17.7. The second-order valence-corrected chi connectivity index (χ2v) is 11.1. The Morgan fingerprint density at radius 3 is 2.47 bits per heavy atom. The molecule has 0 amide bonds. The monoisotopic (exact) mass is 428 g/mol. The van der Waals surface area contributed by atoms with Crippen molar-refractivity contribution in [2.45, 2.75) is 74.8 Å². The van der Waals surface area contributed by atoms with Crippen molar-refractivity contribution in [2.24, 2.45) is 5.92 Å². The number of aromatic amines is 1. The molecule has 0 spiro atoms. The highest BCUT2D eigenvalue weighted by Crippen LogP contribution is 2.32. The number of sulfone groups is 1. The van der Waals surface area contributed by atoms with Crippen LogP contribution in [-0.4, -0.2) is 28.2 Å². The van der Waals surface area contributed by atoms with Crippen molar-refractivity contribution in [3.8, 4) is 0 Å². The fourth-order valence-electron chi connectivity index (χ4n) is 4.26. The van der Waals surface area contributed by atoms with E-state index in [-0.39, 0.29) is 15.3 Å². The molecule has 3 aromatic rings. The van der Waals surface area contributed by atoms with Crippen LogP contribution in [0.2, 0.25) is 0 Å². The molecule has 0 radical (unpaired) electrons. The Kier molecular flexibility index (Phi) is 5.30. The average Bonchev–Trinajstić information content (AvgIpc) is 3.07. The third-order valence-corrected chi connectivity index (χ3v) is 7.45. The van der Waals surface area contributed by atoms with Gasteiger partial charge in [-0.25, -0.2) is 18.5 Å². The summed E-state index contributed by atoms with van der Waals surface area (Å²) in [7, 11) is -3.84. The molecule has 0 atom stereocenters. The largest absolute Gasteiger partial charge is 0.327 e. The molecular weight excluding hydrogens is 400 g/mol. The lowest BCUT2D eigenvalue weighted by Crippen LogP contribution is -2.22. The summed E-state index contributed by atoms with van der Waals surface area (Å²) in [6.45, 7) is 7.31. The van der Waals surface area contributed by atoms with Crippen molar-refractivity contribution >= 4 is 20.9 Å². The predicted molar refractivity (Wildman–Crippen MR) is 115 cm³/mol. The van der Waals surface area contributed by atoms with Gasteiger partial charge in [-0.1, -0.05) is 40.0 Å². The van der Waals surface area contributed by atoms with Crippen LogP contribution in [0.4, 0.5) is 0 Å². The molecule has 30 heavy (non-hydrogen) atoms. The minimum absolute atomic E-state index is 0.123. The highest BCUT2D eigenvalue weighted by molar-refractivity contribution is 7.91. The Hall–Kier alpha value is -2.48. The molecule has 1 aliphatic rings. The molecule has 0 aliphatic heterocycles. The van der Waals surface area contributed by atoms with Gasteiger partial charge >= 0.3 is 0 Å². The van der Waals surface area contributed by atoms with Crippen LogP contribution in [0.1, 0.15) is 58.7 Å². The molecule has 1 aromatic carbocycles. The van der Waals surface area contributed by atoms with E-state index in [1.165, 1.54) is 38.2 Å².